The summed E-state index contributed by atoms with van der Waals surface area (Å²) < 4.78 is 4.80. The molecule has 0 aliphatic carbocycles. The van der Waals surface area contributed by atoms with E-state index in [1.54, 1.807) is 29.3 Å². The van der Waals surface area contributed by atoms with E-state index in [0.717, 1.165) is 22.2 Å². The predicted octanol–water partition coefficient (Wildman–Crippen LogP) is 2.68. The van der Waals surface area contributed by atoms with E-state index in [4.69, 9.17) is 4.74 Å². The Bertz CT molecular complexity index is 1080. The molecule has 0 spiro atoms. The molecule has 1 amide bonds. The molecular formula is C20H19N3O4. The summed E-state index contributed by atoms with van der Waals surface area (Å²) in [7, 11) is 1.35. The Morgan fingerprint density at radius 1 is 1.15 bits per heavy atom. The molecule has 27 heavy (non-hydrogen) atoms. The Kier molecular flexibility index (Phi) is 4.07. The lowest BCUT2D eigenvalue weighted by atomic mass is 10.0. The second kappa shape index (κ2) is 6.42. The van der Waals surface area contributed by atoms with Crippen LogP contribution in [0.15, 0.2) is 30.5 Å². The van der Waals surface area contributed by atoms with E-state index in [0.29, 0.717) is 36.3 Å². The van der Waals surface area contributed by atoms with E-state index in [9.17, 15) is 14.4 Å². The minimum absolute atomic E-state index is 0.0850. The van der Waals surface area contributed by atoms with E-state index in [1.807, 2.05) is 6.07 Å². The van der Waals surface area contributed by atoms with Crippen LogP contribution in [0, 0.1) is 0 Å². The summed E-state index contributed by atoms with van der Waals surface area (Å²) in [5.41, 5.74) is 4.39. The highest BCUT2D eigenvalue weighted by Gasteiger charge is 2.26. The first-order chi connectivity index (χ1) is 13.0. The van der Waals surface area contributed by atoms with Gasteiger partial charge in [0, 0.05) is 53.4 Å². The Labute approximate surface area is 155 Å². The topological polar surface area (TPSA) is 95.3 Å². The van der Waals surface area contributed by atoms with Crippen LogP contribution in [0.3, 0.4) is 0 Å². The molecule has 7 nitrogen and oxygen atoms in total. The number of amides is 1. The minimum atomic E-state index is -0.390. The van der Waals surface area contributed by atoms with Crippen molar-refractivity contribution in [2.24, 2.45) is 0 Å². The molecule has 0 unspecified atom stereocenters. The molecule has 0 bridgehead atoms. The SMILES string of the molecule is COC(=O)c1ccc2[nH]c3c(c2c1)CN(C(=O)c1cc(C(C)=O)c[nH]1)CC3. The van der Waals surface area contributed by atoms with Gasteiger partial charge in [-0.2, -0.15) is 0 Å². The van der Waals surface area contributed by atoms with Crippen LogP contribution in [0.1, 0.15) is 49.4 Å². The van der Waals surface area contributed by atoms with Gasteiger partial charge < -0.3 is 19.6 Å². The van der Waals surface area contributed by atoms with Crippen LogP contribution < -0.4 is 0 Å². The van der Waals surface area contributed by atoms with Crippen molar-refractivity contribution in [3.63, 3.8) is 0 Å². The van der Waals surface area contributed by atoms with Gasteiger partial charge in [0.1, 0.15) is 5.69 Å². The van der Waals surface area contributed by atoms with Crippen molar-refractivity contribution < 1.29 is 19.1 Å². The summed E-state index contributed by atoms with van der Waals surface area (Å²) in [4.78, 5) is 44.1. The lowest BCUT2D eigenvalue weighted by molar-refractivity contribution is 0.0600. The third kappa shape index (κ3) is 2.91. The molecule has 138 valence electrons. The van der Waals surface area contributed by atoms with Crippen molar-refractivity contribution >= 4 is 28.6 Å². The Morgan fingerprint density at radius 3 is 2.67 bits per heavy atom. The molecule has 2 aromatic heterocycles. The molecule has 0 radical (unpaired) electrons. The molecule has 0 atom stereocenters. The zero-order chi connectivity index (χ0) is 19.1. The van der Waals surface area contributed by atoms with Gasteiger partial charge in [-0.1, -0.05) is 0 Å². The maximum Gasteiger partial charge on any atom is 0.337 e. The number of Topliss-reactive ketones (excluding diaryl/α,β-unsaturated/α-hetero) is 1. The van der Waals surface area contributed by atoms with Crippen molar-refractivity contribution in [1.29, 1.82) is 0 Å². The molecule has 0 saturated carbocycles. The quantitative estimate of drug-likeness (QED) is 0.551. The Balaban J connectivity index is 1.65. The van der Waals surface area contributed by atoms with Crippen LogP contribution in [-0.4, -0.2) is 46.2 Å². The van der Waals surface area contributed by atoms with Gasteiger partial charge in [-0.15, -0.1) is 0 Å². The third-order valence-electron chi connectivity index (χ3n) is 5.00. The maximum absolute atomic E-state index is 12.8. The molecule has 3 heterocycles. The maximum atomic E-state index is 12.8. The lowest BCUT2D eigenvalue weighted by Gasteiger charge is -2.27. The number of methoxy groups -OCH3 is 1. The van der Waals surface area contributed by atoms with Crippen LogP contribution in [0.5, 0.6) is 0 Å². The molecule has 2 N–H and O–H groups in total. The first-order valence-electron chi connectivity index (χ1n) is 8.68. The molecule has 0 fully saturated rings. The van der Waals surface area contributed by atoms with Gasteiger partial charge in [-0.3, -0.25) is 9.59 Å². The van der Waals surface area contributed by atoms with Crippen LogP contribution >= 0.6 is 0 Å². The number of aromatic nitrogens is 2. The fraction of sp³-hybridized carbons (Fsp3) is 0.250. The van der Waals surface area contributed by atoms with Gasteiger partial charge in [-0.05, 0) is 31.2 Å². The largest absolute Gasteiger partial charge is 0.465 e. The van der Waals surface area contributed by atoms with Crippen LogP contribution in [-0.2, 0) is 17.7 Å². The van der Waals surface area contributed by atoms with Crippen molar-refractivity contribution in [3.8, 4) is 0 Å². The second-order valence-electron chi connectivity index (χ2n) is 6.67. The first-order valence-corrected chi connectivity index (χ1v) is 8.68. The number of esters is 1. The van der Waals surface area contributed by atoms with Gasteiger partial charge in [0.05, 0.1) is 12.7 Å². The standard InChI is InChI=1S/C20H19N3O4/c1-11(24)13-8-18(21-9-13)19(25)23-6-5-17-15(10-23)14-7-12(20(26)27-2)3-4-16(14)22-17/h3-4,7-9,21-22H,5-6,10H2,1-2H3. The number of ketones is 1. The number of benzene rings is 1. The molecule has 1 aromatic carbocycles. The first kappa shape index (κ1) is 17.1. The molecule has 3 aromatic rings. The normalized spacial score (nSPS) is 13.5. The van der Waals surface area contributed by atoms with Crippen LogP contribution in [0.25, 0.3) is 10.9 Å². The minimum Gasteiger partial charge on any atom is -0.465 e. The number of rotatable bonds is 3. The number of fused-ring (bicyclic) bond motifs is 3. The fourth-order valence-electron chi connectivity index (χ4n) is 3.52. The summed E-state index contributed by atoms with van der Waals surface area (Å²) in [6.45, 7) is 2.49. The smallest absolute Gasteiger partial charge is 0.337 e. The average Bonchev–Trinajstić information content (AvgIpc) is 3.31. The van der Waals surface area contributed by atoms with Gasteiger partial charge in [0.2, 0.25) is 0 Å². The molecule has 1 aliphatic rings. The lowest BCUT2D eigenvalue weighted by Crippen LogP contribution is -2.36. The number of nitrogens with one attached hydrogen (secondary N) is 2. The van der Waals surface area contributed by atoms with E-state index in [-0.39, 0.29) is 11.7 Å². The van der Waals surface area contributed by atoms with Gasteiger partial charge in [-0.25, -0.2) is 4.79 Å². The molecule has 0 saturated heterocycles. The highest BCUT2D eigenvalue weighted by Crippen LogP contribution is 2.29. The average molecular weight is 365 g/mol. The van der Waals surface area contributed by atoms with E-state index < -0.39 is 5.97 Å². The van der Waals surface area contributed by atoms with Crippen molar-refractivity contribution in [1.82, 2.24) is 14.9 Å². The van der Waals surface area contributed by atoms with Crippen LogP contribution in [0.2, 0.25) is 0 Å². The predicted molar refractivity (Wildman–Crippen MR) is 98.9 cm³/mol. The monoisotopic (exact) mass is 365 g/mol. The number of aromatic amines is 2. The number of hydrogen-bond acceptors (Lipinski definition) is 4. The Hall–Kier alpha value is -3.35. The van der Waals surface area contributed by atoms with Crippen molar-refractivity contribution in [3.05, 3.63) is 58.5 Å². The molecular weight excluding hydrogens is 346 g/mol. The number of carbonyl (C=O) groups excluding carboxylic acids is 3. The van der Waals surface area contributed by atoms with Crippen molar-refractivity contribution in [2.45, 2.75) is 19.9 Å². The van der Waals surface area contributed by atoms with Gasteiger partial charge in [0.25, 0.3) is 5.91 Å². The van der Waals surface area contributed by atoms with Crippen molar-refractivity contribution in [2.75, 3.05) is 13.7 Å². The number of ether oxygens (including phenoxy) is 1. The third-order valence-corrected chi connectivity index (χ3v) is 5.00. The fourth-order valence-corrected chi connectivity index (χ4v) is 3.52. The number of hydrogen-bond donors (Lipinski definition) is 2. The molecule has 7 heteroatoms. The summed E-state index contributed by atoms with van der Waals surface area (Å²) in [6.07, 6.45) is 2.25. The summed E-state index contributed by atoms with van der Waals surface area (Å²) >= 11 is 0. The van der Waals surface area contributed by atoms with E-state index >= 15 is 0 Å². The van der Waals surface area contributed by atoms with Crippen LogP contribution in [0.4, 0.5) is 0 Å². The molecule has 4 rings (SSSR count). The van der Waals surface area contributed by atoms with E-state index in [1.165, 1.54) is 14.0 Å². The highest BCUT2D eigenvalue weighted by molar-refractivity contribution is 6.00. The van der Waals surface area contributed by atoms with E-state index in [2.05, 4.69) is 9.97 Å². The van der Waals surface area contributed by atoms with Gasteiger partial charge in [0.15, 0.2) is 5.78 Å². The summed E-state index contributed by atoms with van der Waals surface area (Å²) in [6, 6.07) is 6.97. The zero-order valence-electron chi connectivity index (χ0n) is 15.1. The number of H-pyrrole nitrogens is 2. The number of carbonyl (C=O) groups is 3. The van der Waals surface area contributed by atoms with Gasteiger partial charge >= 0.3 is 5.97 Å². The number of nitrogens with zero attached hydrogens (tertiary/aromatic N) is 1. The summed E-state index contributed by atoms with van der Waals surface area (Å²) in [5, 5.41) is 0.918. The summed E-state index contributed by atoms with van der Waals surface area (Å²) in [5.74, 6) is -0.622. The Morgan fingerprint density at radius 2 is 1.96 bits per heavy atom. The molecule has 1 aliphatic heterocycles. The highest BCUT2D eigenvalue weighted by atomic mass is 16.5. The zero-order valence-corrected chi connectivity index (χ0v) is 15.1. The second-order valence-corrected chi connectivity index (χ2v) is 6.67.